The van der Waals surface area contributed by atoms with E-state index in [9.17, 15) is 4.79 Å². The van der Waals surface area contributed by atoms with E-state index < -0.39 is 0 Å². The summed E-state index contributed by atoms with van der Waals surface area (Å²) in [5.74, 6) is 0.749. The molecule has 1 amide bonds. The van der Waals surface area contributed by atoms with E-state index in [2.05, 4.69) is 0 Å². The molecule has 0 atom stereocenters. The number of hydrogen-bond donors (Lipinski definition) is 1. The lowest BCUT2D eigenvalue weighted by atomic mass is 10.1. The van der Waals surface area contributed by atoms with Crippen LogP contribution < -0.4 is 15.4 Å². The van der Waals surface area contributed by atoms with Gasteiger partial charge in [-0.05, 0) is 49.4 Å². The summed E-state index contributed by atoms with van der Waals surface area (Å²) in [6.07, 6.45) is 0.755. The van der Waals surface area contributed by atoms with Gasteiger partial charge in [0, 0.05) is 17.8 Å². The van der Waals surface area contributed by atoms with Crippen molar-refractivity contribution in [2.24, 2.45) is 5.73 Å². The van der Waals surface area contributed by atoms with Crippen LogP contribution in [-0.2, 0) is 0 Å². The van der Waals surface area contributed by atoms with E-state index in [1.54, 1.807) is 12.0 Å². The Kier molecular flexibility index (Phi) is 5.35. The number of amides is 1. The zero-order valence-electron chi connectivity index (χ0n) is 12.2. The lowest BCUT2D eigenvalue weighted by Crippen LogP contribution is -2.32. The molecule has 4 nitrogen and oxygen atoms in total. The zero-order valence-corrected chi connectivity index (χ0v) is 12.2. The van der Waals surface area contributed by atoms with Gasteiger partial charge in [0.15, 0.2) is 0 Å². The molecule has 0 aliphatic heterocycles. The molecule has 0 heterocycles. The third-order valence-electron chi connectivity index (χ3n) is 3.24. The number of anilines is 1. The molecular formula is C17H20N2O2. The Morgan fingerprint density at radius 2 is 1.76 bits per heavy atom. The first kappa shape index (κ1) is 15.1. The molecule has 0 aromatic heterocycles. The Morgan fingerprint density at radius 1 is 1.10 bits per heavy atom. The van der Waals surface area contributed by atoms with Crippen LogP contribution in [0.25, 0.3) is 0 Å². The predicted molar refractivity (Wildman–Crippen MR) is 84.8 cm³/mol. The van der Waals surface area contributed by atoms with Gasteiger partial charge in [-0.15, -0.1) is 0 Å². The van der Waals surface area contributed by atoms with Crippen LogP contribution in [0.1, 0.15) is 16.8 Å². The molecule has 0 aliphatic carbocycles. The van der Waals surface area contributed by atoms with Crippen molar-refractivity contribution in [1.82, 2.24) is 0 Å². The molecule has 110 valence electrons. The van der Waals surface area contributed by atoms with Gasteiger partial charge < -0.3 is 15.4 Å². The van der Waals surface area contributed by atoms with Crippen molar-refractivity contribution in [2.75, 3.05) is 25.1 Å². The molecule has 0 unspecified atom stereocenters. The van der Waals surface area contributed by atoms with Crippen molar-refractivity contribution in [3.63, 3.8) is 0 Å². The highest BCUT2D eigenvalue weighted by molar-refractivity contribution is 6.06. The first-order valence-electron chi connectivity index (χ1n) is 6.97. The predicted octanol–water partition coefficient (Wildman–Crippen LogP) is 2.69. The third-order valence-corrected chi connectivity index (χ3v) is 3.24. The standard InChI is InChI=1S/C17H20N2O2/c1-21-16-10-8-15(9-11-16)19(13-5-12-18)17(20)14-6-3-2-4-7-14/h2-4,6-11H,5,12-13,18H2,1H3. The lowest BCUT2D eigenvalue weighted by Gasteiger charge is -2.23. The van der Waals surface area contributed by atoms with Gasteiger partial charge in [0.1, 0.15) is 5.75 Å². The second-order valence-electron chi connectivity index (χ2n) is 4.66. The fourth-order valence-electron chi connectivity index (χ4n) is 2.10. The number of hydrogen-bond acceptors (Lipinski definition) is 3. The first-order chi connectivity index (χ1) is 10.3. The summed E-state index contributed by atoms with van der Waals surface area (Å²) in [5.41, 5.74) is 7.10. The molecule has 0 aliphatic rings. The van der Waals surface area contributed by atoms with Crippen molar-refractivity contribution in [1.29, 1.82) is 0 Å². The van der Waals surface area contributed by atoms with E-state index in [1.165, 1.54) is 0 Å². The van der Waals surface area contributed by atoms with E-state index in [-0.39, 0.29) is 5.91 Å². The van der Waals surface area contributed by atoms with Crippen LogP contribution in [0.3, 0.4) is 0 Å². The lowest BCUT2D eigenvalue weighted by molar-refractivity contribution is 0.0987. The summed E-state index contributed by atoms with van der Waals surface area (Å²) in [6.45, 7) is 1.14. The second-order valence-corrected chi connectivity index (χ2v) is 4.66. The molecule has 2 aromatic carbocycles. The fourth-order valence-corrected chi connectivity index (χ4v) is 2.10. The SMILES string of the molecule is COc1ccc(N(CCCN)C(=O)c2ccccc2)cc1. The number of carbonyl (C=O) groups is 1. The molecule has 21 heavy (non-hydrogen) atoms. The van der Waals surface area contributed by atoms with Crippen LogP contribution in [-0.4, -0.2) is 26.1 Å². The molecule has 0 saturated heterocycles. The largest absolute Gasteiger partial charge is 0.497 e. The van der Waals surface area contributed by atoms with E-state index in [0.717, 1.165) is 17.9 Å². The van der Waals surface area contributed by atoms with E-state index in [1.807, 2.05) is 54.6 Å². The number of ether oxygens (including phenoxy) is 1. The number of carbonyl (C=O) groups excluding carboxylic acids is 1. The van der Waals surface area contributed by atoms with Crippen molar-refractivity contribution in [3.8, 4) is 5.75 Å². The molecule has 4 heteroatoms. The molecule has 2 rings (SSSR count). The quantitative estimate of drug-likeness (QED) is 0.887. The maximum atomic E-state index is 12.7. The van der Waals surface area contributed by atoms with Crippen LogP contribution in [0.4, 0.5) is 5.69 Å². The molecular weight excluding hydrogens is 264 g/mol. The Morgan fingerprint density at radius 3 is 2.33 bits per heavy atom. The fraction of sp³-hybridized carbons (Fsp3) is 0.235. The Bertz CT molecular complexity index is 567. The summed E-state index contributed by atoms with van der Waals surface area (Å²) in [5, 5.41) is 0. The van der Waals surface area contributed by atoms with Crippen LogP contribution >= 0.6 is 0 Å². The summed E-state index contributed by atoms with van der Waals surface area (Å²) >= 11 is 0. The molecule has 0 bridgehead atoms. The summed E-state index contributed by atoms with van der Waals surface area (Å²) in [7, 11) is 1.62. The maximum absolute atomic E-state index is 12.7. The van der Waals surface area contributed by atoms with E-state index in [0.29, 0.717) is 18.7 Å². The van der Waals surface area contributed by atoms with Gasteiger partial charge in [-0.25, -0.2) is 0 Å². The third kappa shape index (κ3) is 3.83. The smallest absolute Gasteiger partial charge is 0.258 e. The average molecular weight is 284 g/mol. The van der Waals surface area contributed by atoms with Crippen molar-refractivity contribution < 1.29 is 9.53 Å². The van der Waals surface area contributed by atoms with Gasteiger partial charge in [0.05, 0.1) is 7.11 Å². The zero-order chi connectivity index (χ0) is 15.1. The molecule has 0 spiro atoms. The van der Waals surface area contributed by atoms with Gasteiger partial charge in [-0.2, -0.15) is 0 Å². The molecule has 2 N–H and O–H groups in total. The van der Waals surface area contributed by atoms with E-state index >= 15 is 0 Å². The highest BCUT2D eigenvalue weighted by Crippen LogP contribution is 2.21. The molecule has 0 fully saturated rings. The topological polar surface area (TPSA) is 55.6 Å². The maximum Gasteiger partial charge on any atom is 0.258 e. The number of methoxy groups -OCH3 is 1. The van der Waals surface area contributed by atoms with Gasteiger partial charge in [-0.1, -0.05) is 18.2 Å². The van der Waals surface area contributed by atoms with Crippen LogP contribution in [0.2, 0.25) is 0 Å². The minimum absolute atomic E-state index is 0.0192. The Balaban J connectivity index is 2.26. The van der Waals surface area contributed by atoms with Crippen molar-refractivity contribution >= 4 is 11.6 Å². The molecule has 0 saturated carbocycles. The summed E-state index contributed by atoms with van der Waals surface area (Å²) in [4.78, 5) is 14.4. The summed E-state index contributed by atoms with van der Waals surface area (Å²) in [6, 6.07) is 16.7. The minimum atomic E-state index is -0.0192. The highest BCUT2D eigenvalue weighted by atomic mass is 16.5. The summed E-state index contributed by atoms with van der Waals surface area (Å²) < 4.78 is 5.15. The first-order valence-corrected chi connectivity index (χ1v) is 6.97. The number of nitrogens with two attached hydrogens (primary N) is 1. The number of rotatable bonds is 6. The van der Waals surface area contributed by atoms with Gasteiger partial charge in [0.2, 0.25) is 0 Å². The monoisotopic (exact) mass is 284 g/mol. The van der Waals surface area contributed by atoms with Crippen LogP contribution in [0, 0.1) is 0 Å². The second kappa shape index (κ2) is 7.45. The highest BCUT2D eigenvalue weighted by Gasteiger charge is 2.16. The Hall–Kier alpha value is -2.33. The normalized spacial score (nSPS) is 10.2. The number of benzene rings is 2. The van der Waals surface area contributed by atoms with Gasteiger partial charge in [-0.3, -0.25) is 4.79 Å². The van der Waals surface area contributed by atoms with E-state index in [4.69, 9.17) is 10.5 Å². The van der Waals surface area contributed by atoms with Gasteiger partial charge >= 0.3 is 0 Å². The van der Waals surface area contributed by atoms with Crippen LogP contribution in [0.5, 0.6) is 5.75 Å². The van der Waals surface area contributed by atoms with Crippen molar-refractivity contribution in [2.45, 2.75) is 6.42 Å². The number of nitrogens with zero attached hydrogens (tertiary/aromatic N) is 1. The van der Waals surface area contributed by atoms with Gasteiger partial charge in [0.25, 0.3) is 5.91 Å². The molecule has 0 radical (unpaired) electrons. The average Bonchev–Trinajstić information content (AvgIpc) is 2.56. The van der Waals surface area contributed by atoms with Crippen LogP contribution in [0.15, 0.2) is 54.6 Å². The van der Waals surface area contributed by atoms with Crippen molar-refractivity contribution in [3.05, 3.63) is 60.2 Å². The minimum Gasteiger partial charge on any atom is -0.497 e. The Labute approximate surface area is 125 Å². The molecule has 2 aromatic rings.